The van der Waals surface area contributed by atoms with Crippen LogP contribution in [-0.2, 0) is 29.8 Å². The number of aliphatic carboxylic acids is 1. The molecule has 1 fully saturated rings. The number of hydrogen-bond acceptors (Lipinski definition) is 12. The molecule has 21 heteroatoms. The first-order chi connectivity index (χ1) is 28.0. The third-order valence-corrected chi connectivity index (χ3v) is 10.6. The van der Waals surface area contributed by atoms with Gasteiger partial charge in [0.2, 0.25) is 21.7 Å². The Bertz CT molecular complexity index is 2480. The standard InChI is InChI=1S/C38H32ClF3N8O8S/c39-24-13-11-23(12-14-24)37(17-18-37)50-35-47-34(48-36(49-35)58-21-38(40,41)42)45-25-15-9-22(10-16-25)30(51)46-29(33(54)55)20-43-31(52)32(53)44-26-5-4-8-28(19-26)59(56,57)27-6-2-1-3-7-27/h1-16,19,29H,17-18,20-21H2,(H,43,52)(H,44,53)(H,46,51)(H,54,55)(H2,45,47,48,49,50)/t29-/m0/s1. The summed E-state index contributed by atoms with van der Waals surface area (Å²) in [7, 11) is -3.93. The second-order valence-electron chi connectivity index (χ2n) is 13.0. The number of nitrogens with zero attached hydrogens (tertiary/aromatic N) is 3. The molecular formula is C38H32ClF3N8O8S. The van der Waals surface area contributed by atoms with Crippen molar-refractivity contribution in [2.24, 2.45) is 0 Å². The summed E-state index contributed by atoms with van der Waals surface area (Å²) < 4.78 is 69.6. The molecule has 1 heterocycles. The molecule has 0 aliphatic heterocycles. The number of nitrogens with one attached hydrogen (secondary N) is 5. The predicted molar refractivity (Wildman–Crippen MR) is 206 cm³/mol. The van der Waals surface area contributed by atoms with Crippen LogP contribution in [0.1, 0.15) is 28.8 Å². The molecule has 0 radical (unpaired) electrons. The molecule has 0 bridgehead atoms. The van der Waals surface area contributed by atoms with Crippen LogP contribution in [0.15, 0.2) is 113 Å². The van der Waals surface area contributed by atoms with Crippen LogP contribution >= 0.6 is 11.6 Å². The van der Waals surface area contributed by atoms with Crippen LogP contribution < -0.4 is 31.3 Å². The molecule has 1 saturated carbocycles. The van der Waals surface area contributed by atoms with Crippen molar-refractivity contribution in [3.8, 4) is 6.01 Å². The third kappa shape index (κ3) is 11.0. The van der Waals surface area contributed by atoms with E-state index >= 15 is 0 Å². The molecule has 16 nitrogen and oxygen atoms in total. The maximum Gasteiger partial charge on any atom is 0.422 e. The Morgan fingerprint density at radius 2 is 1.47 bits per heavy atom. The Balaban J connectivity index is 1.06. The molecule has 59 heavy (non-hydrogen) atoms. The molecule has 1 aromatic heterocycles. The molecule has 1 aliphatic rings. The largest absolute Gasteiger partial charge is 0.480 e. The van der Waals surface area contributed by atoms with Gasteiger partial charge >= 0.3 is 30.0 Å². The van der Waals surface area contributed by atoms with E-state index in [1.807, 2.05) is 12.1 Å². The minimum atomic E-state index is -4.67. The van der Waals surface area contributed by atoms with E-state index in [1.54, 1.807) is 30.3 Å². The van der Waals surface area contributed by atoms with Crippen molar-refractivity contribution >= 4 is 68.4 Å². The van der Waals surface area contributed by atoms with Crippen molar-refractivity contribution in [1.82, 2.24) is 25.6 Å². The van der Waals surface area contributed by atoms with Gasteiger partial charge in [-0.1, -0.05) is 48.0 Å². The SMILES string of the molecule is O=C(NC[C@H](NC(=O)c1ccc(Nc2nc(NC3(c4ccc(Cl)cc4)CC3)nc(OCC(F)(F)F)n2)cc1)C(=O)O)C(=O)Nc1cccc(S(=O)(=O)c2ccccc2)c1. The maximum absolute atomic E-state index is 13.0. The number of aromatic nitrogens is 3. The molecule has 6 N–H and O–H groups in total. The lowest BCUT2D eigenvalue weighted by atomic mass is 10.1. The minimum Gasteiger partial charge on any atom is -0.480 e. The molecule has 306 valence electrons. The summed E-state index contributed by atoms with van der Waals surface area (Å²) in [6, 6.07) is 22.8. The van der Waals surface area contributed by atoms with Gasteiger partial charge in [-0.25, -0.2) is 13.2 Å². The van der Waals surface area contributed by atoms with Gasteiger partial charge < -0.3 is 36.4 Å². The van der Waals surface area contributed by atoms with Gasteiger partial charge in [-0.3, -0.25) is 14.4 Å². The number of ether oxygens (including phenoxy) is 1. The second kappa shape index (κ2) is 17.4. The summed E-state index contributed by atoms with van der Waals surface area (Å²) in [6.07, 6.45) is -3.32. The number of hydrogen-bond donors (Lipinski definition) is 6. The number of carboxylic acids is 1. The first-order valence-electron chi connectivity index (χ1n) is 17.4. The van der Waals surface area contributed by atoms with E-state index in [1.165, 1.54) is 54.6 Å². The van der Waals surface area contributed by atoms with Crippen molar-refractivity contribution in [1.29, 1.82) is 0 Å². The lowest BCUT2D eigenvalue weighted by Crippen LogP contribution is -2.50. The zero-order chi connectivity index (χ0) is 42.4. The molecule has 5 aromatic rings. The monoisotopic (exact) mass is 852 g/mol. The zero-order valence-electron chi connectivity index (χ0n) is 30.3. The van der Waals surface area contributed by atoms with Crippen LogP contribution in [0, 0.1) is 0 Å². The van der Waals surface area contributed by atoms with Crippen LogP contribution in [0.25, 0.3) is 0 Å². The molecule has 3 amide bonds. The number of carbonyl (C=O) groups is 4. The number of amides is 3. The van der Waals surface area contributed by atoms with Gasteiger partial charge in [0.25, 0.3) is 5.91 Å². The summed E-state index contributed by atoms with van der Waals surface area (Å²) in [5.41, 5.74) is 0.495. The highest BCUT2D eigenvalue weighted by atomic mass is 35.5. The number of alkyl halides is 3. The van der Waals surface area contributed by atoms with E-state index in [-0.39, 0.29) is 38.6 Å². The van der Waals surface area contributed by atoms with E-state index in [0.29, 0.717) is 17.9 Å². The van der Waals surface area contributed by atoms with Crippen LogP contribution in [0.3, 0.4) is 0 Å². The number of carboxylic acid groups (broad SMARTS) is 1. The lowest BCUT2D eigenvalue weighted by molar-refractivity contribution is -0.154. The van der Waals surface area contributed by atoms with Gasteiger partial charge in [0, 0.05) is 28.5 Å². The average Bonchev–Trinajstić information content (AvgIpc) is 3.99. The second-order valence-corrected chi connectivity index (χ2v) is 15.3. The van der Waals surface area contributed by atoms with Crippen molar-refractivity contribution in [2.45, 2.75) is 40.4 Å². The van der Waals surface area contributed by atoms with Crippen molar-refractivity contribution in [3.05, 3.63) is 119 Å². The Morgan fingerprint density at radius 1 is 0.814 bits per heavy atom. The fourth-order valence-corrected chi connectivity index (χ4v) is 6.94. The van der Waals surface area contributed by atoms with E-state index in [2.05, 4.69) is 41.5 Å². The summed E-state index contributed by atoms with van der Waals surface area (Å²) in [5, 5.41) is 22.8. The van der Waals surface area contributed by atoms with Gasteiger partial charge in [-0.2, -0.15) is 28.1 Å². The summed E-state index contributed by atoms with van der Waals surface area (Å²) >= 11 is 6.02. The van der Waals surface area contributed by atoms with E-state index in [4.69, 9.17) is 16.3 Å². The molecule has 0 spiro atoms. The third-order valence-electron chi connectivity index (χ3n) is 8.61. The Labute approximate surface area is 338 Å². The first kappa shape index (κ1) is 41.8. The number of benzene rings is 4. The zero-order valence-corrected chi connectivity index (χ0v) is 31.9. The number of carbonyl (C=O) groups excluding carboxylic acids is 3. The van der Waals surface area contributed by atoms with Gasteiger partial charge in [0.1, 0.15) is 6.04 Å². The highest BCUT2D eigenvalue weighted by Crippen LogP contribution is 2.48. The van der Waals surface area contributed by atoms with E-state index in [9.17, 15) is 45.9 Å². The molecule has 0 saturated heterocycles. The smallest absolute Gasteiger partial charge is 0.422 e. The number of halogens is 4. The molecule has 0 unspecified atom stereocenters. The fourth-order valence-electron chi connectivity index (χ4n) is 5.49. The van der Waals surface area contributed by atoms with Gasteiger partial charge in [0.15, 0.2) is 6.61 Å². The van der Waals surface area contributed by atoms with Crippen LogP contribution in [-0.4, -0.2) is 77.5 Å². The van der Waals surface area contributed by atoms with Crippen LogP contribution in [0.4, 0.5) is 36.4 Å². The molecule has 1 atom stereocenters. The predicted octanol–water partition coefficient (Wildman–Crippen LogP) is 5.08. The lowest BCUT2D eigenvalue weighted by Gasteiger charge is -2.19. The number of sulfone groups is 1. The highest BCUT2D eigenvalue weighted by Gasteiger charge is 2.45. The average molecular weight is 853 g/mol. The van der Waals surface area contributed by atoms with E-state index < -0.39 is 70.4 Å². The molecule has 1 aliphatic carbocycles. The molecule has 6 rings (SSSR count). The van der Waals surface area contributed by atoms with Crippen molar-refractivity contribution in [3.63, 3.8) is 0 Å². The highest BCUT2D eigenvalue weighted by molar-refractivity contribution is 7.91. The quantitative estimate of drug-likeness (QED) is 0.0756. The van der Waals surface area contributed by atoms with Crippen molar-refractivity contribution in [2.75, 3.05) is 29.1 Å². The summed E-state index contributed by atoms with van der Waals surface area (Å²) in [6.45, 7) is -2.36. The topological polar surface area (TPSA) is 231 Å². The number of anilines is 4. The normalized spacial score (nSPS) is 13.6. The Hall–Kier alpha value is -6.80. The molecular weight excluding hydrogens is 821 g/mol. The van der Waals surface area contributed by atoms with E-state index in [0.717, 1.165) is 11.6 Å². The maximum atomic E-state index is 13.0. The Morgan fingerprint density at radius 3 is 2.12 bits per heavy atom. The van der Waals surface area contributed by atoms with Gasteiger partial charge in [-0.05, 0) is 85.1 Å². The minimum absolute atomic E-state index is 0.0185. The van der Waals surface area contributed by atoms with Gasteiger partial charge in [-0.15, -0.1) is 0 Å². The van der Waals surface area contributed by atoms with Crippen LogP contribution in [0.2, 0.25) is 5.02 Å². The number of rotatable bonds is 15. The molecule has 4 aromatic carbocycles. The first-order valence-corrected chi connectivity index (χ1v) is 19.3. The summed E-state index contributed by atoms with van der Waals surface area (Å²) in [5.74, 6) is -5.17. The summed E-state index contributed by atoms with van der Waals surface area (Å²) in [4.78, 5) is 62.2. The fraction of sp³-hybridized carbons (Fsp3) is 0.184. The van der Waals surface area contributed by atoms with Crippen molar-refractivity contribution < 1.29 is 50.6 Å². The van der Waals surface area contributed by atoms with Crippen LogP contribution in [0.5, 0.6) is 6.01 Å². The Kier molecular flexibility index (Phi) is 12.3. The van der Waals surface area contributed by atoms with Gasteiger partial charge in [0.05, 0.1) is 15.3 Å².